The van der Waals surface area contributed by atoms with Crippen LogP contribution in [0.3, 0.4) is 0 Å². The van der Waals surface area contributed by atoms with Crippen molar-refractivity contribution >= 4 is 17.2 Å². The highest BCUT2D eigenvalue weighted by atomic mass is 32.1. The smallest absolute Gasteiger partial charge is 0.261 e. The van der Waals surface area contributed by atoms with Crippen LogP contribution in [0.25, 0.3) is 0 Å². The van der Waals surface area contributed by atoms with Gasteiger partial charge in [0, 0.05) is 12.0 Å². The molecule has 4 heteroatoms. The molecule has 2 aromatic rings. The zero-order chi connectivity index (χ0) is 12.4. The molecule has 0 bridgehead atoms. The van der Waals surface area contributed by atoms with Crippen LogP contribution >= 0.6 is 11.3 Å². The number of thiophene rings is 1. The molecule has 3 rings (SSSR count). The summed E-state index contributed by atoms with van der Waals surface area (Å²) in [5.74, 6) is 0.868. The van der Waals surface area contributed by atoms with Crippen LogP contribution in [0.1, 0.15) is 27.7 Å². The van der Waals surface area contributed by atoms with E-state index in [1.54, 1.807) is 0 Å². The molecule has 1 aromatic heterocycles. The van der Waals surface area contributed by atoms with Crippen molar-refractivity contribution in [2.75, 3.05) is 6.61 Å². The lowest BCUT2D eigenvalue weighted by atomic mass is 10.0. The third-order valence-electron chi connectivity index (χ3n) is 3.01. The van der Waals surface area contributed by atoms with Crippen LogP contribution in [0.2, 0.25) is 0 Å². The molecule has 1 amide bonds. The van der Waals surface area contributed by atoms with Gasteiger partial charge >= 0.3 is 0 Å². The van der Waals surface area contributed by atoms with Crippen molar-refractivity contribution in [3.63, 3.8) is 0 Å². The normalized spacial score (nSPS) is 17.7. The van der Waals surface area contributed by atoms with Gasteiger partial charge < -0.3 is 10.1 Å². The predicted octanol–water partition coefficient (Wildman–Crippen LogP) is 3.00. The van der Waals surface area contributed by atoms with Gasteiger partial charge in [0.1, 0.15) is 5.75 Å². The summed E-state index contributed by atoms with van der Waals surface area (Å²) in [6.45, 7) is 0.645. The number of carbonyl (C=O) groups excluding carboxylic acids is 1. The third-order valence-corrected chi connectivity index (χ3v) is 3.88. The van der Waals surface area contributed by atoms with E-state index in [1.165, 1.54) is 11.3 Å². The summed E-state index contributed by atoms with van der Waals surface area (Å²) in [5, 5.41) is 4.98. The van der Waals surface area contributed by atoms with E-state index in [-0.39, 0.29) is 11.9 Å². The molecule has 2 heterocycles. The highest BCUT2D eigenvalue weighted by Gasteiger charge is 2.23. The van der Waals surface area contributed by atoms with Crippen LogP contribution < -0.4 is 10.1 Å². The molecule has 1 atom stereocenters. The summed E-state index contributed by atoms with van der Waals surface area (Å²) in [5.41, 5.74) is 1.06. The van der Waals surface area contributed by atoms with Crippen LogP contribution in [0.5, 0.6) is 5.75 Å². The predicted molar refractivity (Wildman–Crippen MR) is 71.1 cm³/mol. The Hall–Kier alpha value is -1.81. The van der Waals surface area contributed by atoms with Crippen molar-refractivity contribution in [1.82, 2.24) is 5.32 Å². The second kappa shape index (κ2) is 4.82. The summed E-state index contributed by atoms with van der Waals surface area (Å²) in [7, 11) is 0. The van der Waals surface area contributed by atoms with E-state index in [2.05, 4.69) is 5.32 Å². The SMILES string of the molecule is O=C(N[C@@H]1CCOc2ccccc21)c1cccs1. The minimum absolute atomic E-state index is 0.00768. The number of hydrogen-bond acceptors (Lipinski definition) is 3. The van der Waals surface area contributed by atoms with Gasteiger partial charge in [-0.15, -0.1) is 11.3 Å². The van der Waals surface area contributed by atoms with Crippen molar-refractivity contribution in [3.05, 3.63) is 52.2 Å². The molecular formula is C14H13NO2S. The Morgan fingerprint density at radius 1 is 1.28 bits per heavy atom. The first-order chi connectivity index (χ1) is 8.84. The Kier molecular flexibility index (Phi) is 3.02. The molecule has 3 nitrogen and oxygen atoms in total. The fraction of sp³-hybridized carbons (Fsp3) is 0.214. The second-order valence-corrected chi connectivity index (χ2v) is 5.13. The number of ether oxygens (including phenoxy) is 1. The summed E-state index contributed by atoms with van der Waals surface area (Å²) in [6.07, 6.45) is 0.814. The molecule has 18 heavy (non-hydrogen) atoms. The summed E-state index contributed by atoms with van der Waals surface area (Å²) in [4.78, 5) is 12.8. The highest BCUT2D eigenvalue weighted by Crippen LogP contribution is 2.31. The molecule has 0 fully saturated rings. The van der Waals surface area contributed by atoms with E-state index in [4.69, 9.17) is 4.74 Å². The van der Waals surface area contributed by atoms with Crippen LogP contribution in [-0.4, -0.2) is 12.5 Å². The lowest BCUT2D eigenvalue weighted by Gasteiger charge is -2.26. The van der Waals surface area contributed by atoms with Gasteiger partial charge in [-0.3, -0.25) is 4.79 Å². The average Bonchev–Trinajstić information content (AvgIpc) is 2.93. The van der Waals surface area contributed by atoms with E-state index < -0.39 is 0 Å². The van der Waals surface area contributed by atoms with Gasteiger partial charge in [-0.2, -0.15) is 0 Å². The number of nitrogens with one attached hydrogen (secondary N) is 1. The number of fused-ring (bicyclic) bond motifs is 1. The number of rotatable bonds is 2. The molecule has 92 valence electrons. The lowest BCUT2D eigenvalue weighted by Crippen LogP contribution is -2.31. The fourth-order valence-electron chi connectivity index (χ4n) is 2.13. The Morgan fingerprint density at radius 3 is 3.00 bits per heavy atom. The van der Waals surface area contributed by atoms with Gasteiger partial charge in [0.2, 0.25) is 0 Å². The Bertz CT molecular complexity index is 551. The fourth-order valence-corrected chi connectivity index (χ4v) is 2.76. The van der Waals surface area contributed by atoms with Gasteiger partial charge in [-0.25, -0.2) is 0 Å². The number of carbonyl (C=O) groups is 1. The van der Waals surface area contributed by atoms with Crippen LogP contribution in [-0.2, 0) is 0 Å². The van der Waals surface area contributed by atoms with Gasteiger partial charge in [0.25, 0.3) is 5.91 Å². The minimum Gasteiger partial charge on any atom is -0.493 e. The van der Waals surface area contributed by atoms with Crippen molar-refractivity contribution in [1.29, 1.82) is 0 Å². The zero-order valence-corrected chi connectivity index (χ0v) is 10.6. The van der Waals surface area contributed by atoms with Gasteiger partial charge in [0.05, 0.1) is 17.5 Å². The number of benzene rings is 1. The Morgan fingerprint density at radius 2 is 2.17 bits per heavy atom. The molecule has 1 aromatic carbocycles. The van der Waals surface area contributed by atoms with Crippen LogP contribution in [0.15, 0.2) is 41.8 Å². The van der Waals surface area contributed by atoms with Gasteiger partial charge in [-0.1, -0.05) is 24.3 Å². The minimum atomic E-state index is -0.00768. The standard InChI is InChI=1S/C14H13NO2S/c16-14(13-6-3-9-18-13)15-11-7-8-17-12-5-2-1-4-10(11)12/h1-6,9,11H,7-8H2,(H,15,16)/t11-/m1/s1. The quantitative estimate of drug-likeness (QED) is 0.900. The first-order valence-corrected chi connectivity index (χ1v) is 6.78. The van der Waals surface area contributed by atoms with Gasteiger partial charge in [-0.05, 0) is 17.5 Å². The third kappa shape index (κ3) is 2.11. The maximum Gasteiger partial charge on any atom is 0.261 e. The number of para-hydroxylation sites is 1. The molecule has 1 aliphatic heterocycles. The van der Waals surface area contributed by atoms with Gasteiger partial charge in [0.15, 0.2) is 0 Å². The topological polar surface area (TPSA) is 38.3 Å². The van der Waals surface area contributed by atoms with E-state index >= 15 is 0 Å². The largest absolute Gasteiger partial charge is 0.493 e. The summed E-state index contributed by atoms with van der Waals surface area (Å²) in [6, 6.07) is 11.6. The molecular weight excluding hydrogens is 246 g/mol. The van der Waals surface area contributed by atoms with Crippen molar-refractivity contribution in [3.8, 4) is 5.75 Å². The molecule has 1 aliphatic rings. The highest BCUT2D eigenvalue weighted by molar-refractivity contribution is 7.12. The van der Waals surface area contributed by atoms with Crippen molar-refractivity contribution < 1.29 is 9.53 Å². The molecule has 0 saturated carbocycles. The Balaban J connectivity index is 1.80. The van der Waals surface area contributed by atoms with E-state index in [0.29, 0.717) is 6.61 Å². The van der Waals surface area contributed by atoms with E-state index in [0.717, 1.165) is 22.6 Å². The molecule has 0 radical (unpaired) electrons. The molecule has 0 aliphatic carbocycles. The van der Waals surface area contributed by atoms with E-state index in [9.17, 15) is 4.79 Å². The van der Waals surface area contributed by atoms with Crippen molar-refractivity contribution in [2.45, 2.75) is 12.5 Å². The van der Waals surface area contributed by atoms with Crippen LogP contribution in [0.4, 0.5) is 0 Å². The maximum atomic E-state index is 12.0. The van der Waals surface area contributed by atoms with Crippen molar-refractivity contribution in [2.24, 2.45) is 0 Å². The lowest BCUT2D eigenvalue weighted by molar-refractivity contribution is 0.0929. The molecule has 0 saturated heterocycles. The molecule has 0 unspecified atom stereocenters. The first kappa shape index (κ1) is 11.3. The number of amides is 1. The first-order valence-electron chi connectivity index (χ1n) is 5.91. The molecule has 0 spiro atoms. The summed E-state index contributed by atoms with van der Waals surface area (Å²) < 4.78 is 5.58. The van der Waals surface area contributed by atoms with E-state index in [1.807, 2.05) is 41.8 Å². The molecule has 1 N–H and O–H groups in total. The maximum absolute atomic E-state index is 12.0. The number of hydrogen-bond donors (Lipinski definition) is 1. The average molecular weight is 259 g/mol. The zero-order valence-electron chi connectivity index (χ0n) is 9.76. The Labute approximate surface area is 109 Å². The van der Waals surface area contributed by atoms with Crippen LogP contribution in [0, 0.1) is 0 Å². The summed E-state index contributed by atoms with van der Waals surface area (Å²) >= 11 is 1.46. The second-order valence-electron chi connectivity index (χ2n) is 4.18. The monoisotopic (exact) mass is 259 g/mol.